The third-order valence-electron chi connectivity index (χ3n) is 2.44. The zero-order valence-corrected chi connectivity index (χ0v) is 21.2. The molecule has 2 aliphatic rings. The van der Waals surface area contributed by atoms with E-state index in [0.717, 1.165) is 0 Å². The number of carboxylic acids is 4. The molecule has 22 heteroatoms. The summed E-state index contributed by atoms with van der Waals surface area (Å²) in [5, 5.41) is 59.3. The van der Waals surface area contributed by atoms with Crippen LogP contribution in [0.15, 0.2) is 11.7 Å². The van der Waals surface area contributed by atoms with E-state index in [4.69, 9.17) is 35.4 Å². The van der Waals surface area contributed by atoms with Crippen molar-refractivity contribution in [3.63, 3.8) is 0 Å². The van der Waals surface area contributed by atoms with E-state index < -0.39 is 54.7 Å². The minimum Gasteiger partial charge on any atom is -0.505 e. The van der Waals surface area contributed by atoms with Crippen LogP contribution in [0.2, 0.25) is 0 Å². The van der Waals surface area contributed by atoms with Gasteiger partial charge in [-0.2, -0.15) is 9.78 Å². The predicted octanol–water partition coefficient (Wildman–Crippen LogP) is -1.78. The first-order chi connectivity index (χ1) is 13.2. The summed E-state index contributed by atoms with van der Waals surface area (Å²) in [7, 11) is 0. The van der Waals surface area contributed by atoms with E-state index >= 15 is 0 Å². The summed E-state index contributed by atoms with van der Waals surface area (Å²) in [6, 6.07) is 0. The largest absolute Gasteiger partial charge is 0.505 e. The summed E-state index contributed by atoms with van der Waals surface area (Å²) in [6.45, 7) is 6.56. The average molecular weight is 725 g/mol. The smallest absolute Gasteiger partial charge is 0.416 e. The molecule has 19 N–H and O–H groups in total. The predicted molar refractivity (Wildman–Crippen MR) is 147 cm³/mol. The number of hydrogen-bond donors (Lipinski definition) is 7. The monoisotopic (exact) mass is 723 g/mol. The van der Waals surface area contributed by atoms with E-state index in [-0.39, 0.29) is 115 Å². The van der Waals surface area contributed by atoms with E-state index in [1.54, 1.807) is 0 Å². The molecule has 0 unspecified atom stereocenters. The van der Waals surface area contributed by atoms with Gasteiger partial charge in [-0.1, -0.05) is 58.4 Å². The number of aliphatic hydroxyl groups is 3. The molecule has 0 aromatic heterocycles. The fourth-order valence-corrected chi connectivity index (χ4v) is 1.31. The van der Waals surface area contributed by atoms with Crippen molar-refractivity contribution in [1.82, 2.24) is 0 Å². The Morgan fingerprint density at radius 3 is 1.07 bits per heavy atom. The van der Waals surface area contributed by atoms with Crippen molar-refractivity contribution in [1.29, 1.82) is 0 Å². The average Bonchev–Trinajstić information content (AvgIpc) is 3.42. The van der Waals surface area contributed by atoms with E-state index in [0.29, 0.717) is 0 Å². The Morgan fingerprint density at radius 1 is 0.690 bits per heavy atom. The fraction of sp³-hybridized carbons (Fsp3) is 0.650. The maximum atomic E-state index is 10.3. The number of carbonyl (C=O) groups is 4. The van der Waals surface area contributed by atoms with Crippen LogP contribution in [0.3, 0.4) is 0 Å². The Kier molecular flexibility index (Phi) is 105. The van der Waals surface area contributed by atoms with Crippen molar-refractivity contribution in [2.24, 2.45) is 0 Å². The van der Waals surface area contributed by atoms with Gasteiger partial charge >= 0.3 is 29.8 Å². The second-order valence-corrected chi connectivity index (χ2v) is 4.79. The summed E-state index contributed by atoms with van der Waals surface area (Å²) >= 11 is 0. The molecule has 2 fully saturated rings. The second kappa shape index (κ2) is 45.4. The van der Waals surface area contributed by atoms with Gasteiger partial charge in [0, 0.05) is 26.2 Å². The molecule has 0 aromatic carbocycles. The normalized spacial score (nSPS) is 9.95. The van der Waals surface area contributed by atoms with Crippen molar-refractivity contribution in [2.45, 2.75) is 89.2 Å². The van der Waals surface area contributed by atoms with Gasteiger partial charge in [-0.15, -0.1) is 0 Å². The quantitative estimate of drug-likeness (QED) is 0.0660. The standard InChI is InChI=1S/C6H8O8.C4H4O5.C2H3O2.C2H6.6CH4.6H2O.Zr/c7-3(8)1-5(11,2-4(9)10)6(12)13-14-6;5-2(1-3(6)7)4-8-9-4;1-2(3)4;1-2;;;;;;;;;;;;;/h11-12H,1-2H2,(H,7,8)(H,9,10);5H,1H2,(H,6,7);1H2,(H,3,4);1-2H3;6*1H4;6*1H2;/q;;-1;;;;;;;;;;;;;;. The first-order valence-corrected chi connectivity index (χ1v) is 7.51. The molecule has 0 atom stereocenters. The van der Waals surface area contributed by atoms with Crippen LogP contribution in [-0.4, -0.2) is 104 Å². The van der Waals surface area contributed by atoms with E-state index in [1.807, 2.05) is 13.8 Å². The van der Waals surface area contributed by atoms with Crippen LogP contribution >= 0.6 is 0 Å². The van der Waals surface area contributed by atoms with Gasteiger partial charge in [0.05, 0.1) is 12.8 Å². The van der Waals surface area contributed by atoms with Crippen LogP contribution in [0, 0.1) is 6.92 Å². The molecule has 0 aromatic rings. The van der Waals surface area contributed by atoms with Gasteiger partial charge in [0.2, 0.25) is 0 Å². The summed E-state index contributed by atoms with van der Waals surface area (Å²) < 4.78 is 0. The number of rotatable bonds is 7. The SMILES string of the molecule is C.C.C.C.C.C.CC.O.O.O.O.O.O.O=C(O)CC(O)(CC(=O)O)C1(O)OO1.O=C(O)CC(O)=C1OO1.[CH2-]C(=O)O.[Zr]. The summed E-state index contributed by atoms with van der Waals surface area (Å²) in [6.07, 6.45) is -2.47. The Hall–Kier alpha value is -2.63. The first kappa shape index (κ1) is 97.6. The van der Waals surface area contributed by atoms with Gasteiger partial charge < -0.3 is 68.6 Å². The van der Waals surface area contributed by atoms with Crippen LogP contribution < -0.4 is 0 Å². The van der Waals surface area contributed by atoms with Crippen molar-refractivity contribution >= 4 is 23.9 Å². The summed E-state index contributed by atoms with van der Waals surface area (Å²) in [4.78, 5) is 55.3. The molecule has 21 nitrogen and oxygen atoms in total. The Balaban J connectivity index is -0.0000000182. The van der Waals surface area contributed by atoms with Crippen molar-refractivity contribution in [3.8, 4) is 0 Å². The molecule has 0 amide bonds. The topological polar surface area (TPSA) is 449 Å². The minimum absolute atomic E-state index is 0. The van der Waals surface area contributed by atoms with E-state index in [2.05, 4.69) is 26.5 Å². The molecular weight excluding hydrogens is 667 g/mol. The molecule has 2 rings (SSSR count). The van der Waals surface area contributed by atoms with Gasteiger partial charge in [-0.3, -0.25) is 26.1 Å². The maximum Gasteiger partial charge on any atom is 0.416 e. The Morgan fingerprint density at radius 2 is 0.929 bits per heavy atom. The molecule has 42 heavy (non-hydrogen) atoms. The Bertz CT molecular complexity index is 611. The van der Waals surface area contributed by atoms with Crippen molar-refractivity contribution in [3.05, 3.63) is 18.6 Å². The minimum atomic E-state index is -2.54. The van der Waals surface area contributed by atoms with Crippen molar-refractivity contribution in [2.75, 3.05) is 0 Å². The molecule has 0 radical (unpaired) electrons. The molecule has 0 spiro atoms. The summed E-state index contributed by atoms with van der Waals surface area (Å²) in [5.74, 6) is -8.20. The third kappa shape index (κ3) is 47.2. The second-order valence-electron chi connectivity index (χ2n) is 4.79. The molecule has 2 heterocycles. The van der Waals surface area contributed by atoms with Crippen LogP contribution in [0.1, 0.15) is 77.7 Å². The van der Waals surface area contributed by atoms with Gasteiger partial charge in [0.15, 0.2) is 17.3 Å². The van der Waals surface area contributed by atoms with Gasteiger partial charge in [-0.25, -0.2) is 9.78 Å². The zero-order chi connectivity index (χ0) is 23.4. The molecule has 0 aliphatic carbocycles. The molecule has 0 bridgehead atoms. The number of carboxylic acid groups (broad SMARTS) is 4. The van der Waals surface area contributed by atoms with Crippen LogP contribution in [0.25, 0.3) is 0 Å². The van der Waals surface area contributed by atoms with Gasteiger partial charge in [-0.05, 0) is 0 Å². The number of hydrogen-bond acceptors (Lipinski definition) is 11. The molecule has 0 saturated carbocycles. The zero-order valence-electron chi connectivity index (χ0n) is 18.7. The van der Waals surface area contributed by atoms with Gasteiger partial charge in [0.25, 0.3) is 0 Å². The number of aliphatic hydroxyl groups excluding tert-OH is 1. The van der Waals surface area contributed by atoms with Crippen LogP contribution in [0.5, 0.6) is 0 Å². The van der Waals surface area contributed by atoms with Crippen LogP contribution in [0.4, 0.5) is 0 Å². The van der Waals surface area contributed by atoms with Crippen LogP contribution in [-0.2, 0) is 64.9 Å². The third-order valence-corrected chi connectivity index (χ3v) is 2.44. The first-order valence-electron chi connectivity index (χ1n) is 7.51. The fourth-order valence-electron chi connectivity index (χ4n) is 1.31. The summed E-state index contributed by atoms with van der Waals surface area (Å²) in [5.41, 5.74) is -2.50. The van der Waals surface area contributed by atoms with Crippen molar-refractivity contribution < 1.29 is 134 Å². The molecule has 2 aliphatic heterocycles. The van der Waals surface area contributed by atoms with E-state index in [1.165, 1.54) is 0 Å². The Labute approximate surface area is 265 Å². The molecular formula is C20H57O21Zr-. The molecule has 2 saturated heterocycles. The van der Waals surface area contributed by atoms with Gasteiger partial charge in [0.1, 0.15) is 6.42 Å². The number of aliphatic carboxylic acids is 4. The molecule has 268 valence electrons. The van der Waals surface area contributed by atoms with E-state index in [9.17, 15) is 19.5 Å². The maximum absolute atomic E-state index is 10.3.